The lowest BCUT2D eigenvalue weighted by molar-refractivity contribution is 0.431. The van der Waals surface area contributed by atoms with E-state index in [9.17, 15) is 4.79 Å². The number of aromatic nitrogens is 4. The molecule has 0 aromatic carbocycles. The second kappa shape index (κ2) is 5.22. The molecule has 6 heteroatoms. The van der Waals surface area contributed by atoms with Gasteiger partial charge in [-0.2, -0.15) is 4.98 Å². The zero-order valence-corrected chi connectivity index (χ0v) is 11.9. The van der Waals surface area contributed by atoms with Crippen LogP contribution >= 0.6 is 0 Å². The first kappa shape index (κ1) is 12.9. The van der Waals surface area contributed by atoms with E-state index in [2.05, 4.69) is 20.1 Å². The van der Waals surface area contributed by atoms with E-state index in [0.717, 1.165) is 31.4 Å². The summed E-state index contributed by atoms with van der Waals surface area (Å²) in [5.41, 5.74) is 3.06. The van der Waals surface area contributed by atoms with Crippen molar-refractivity contribution >= 4 is 0 Å². The zero-order valence-electron chi connectivity index (χ0n) is 11.9. The van der Waals surface area contributed by atoms with Crippen LogP contribution in [0.4, 0.5) is 0 Å². The zero-order chi connectivity index (χ0) is 14.9. The van der Waals surface area contributed by atoms with E-state index in [0.29, 0.717) is 17.1 Å². The fourth-order valence-electron chi connectivity index (χ4n) is 2.77. The molecule has 0 aliphatic heterocycles. The third kappa shape index (κ3) is 2.22. The number of nitrogens with one attached hydrogen (secondary N) is 1. The summed E-state index contributed by atoms with van der Waals surface area (Å²) in [6.45, 7) is 0. The van der Waals surface area contributed by atoms with Crippen LogP contribution in [0.5, 0.6) is 0 Å². The number of rotatable bonds is 2. The van der Waals surface area contributed by atoms with Gasteiger partial charge >= 0.3 is 0 Å². The van der Waals surface area contributed by atoms with Gasteiger partial charge in [0.1, 0.15) is 11.3 Å². The minimum absolute atomic E-state index is 0.183. The second-order valence-corrected chi connectivity index (χ2v) is 5.36. The minimum Gasteiger partial charge on any atom is -0.333 e. The quantitative estimate of drug-likeness (QED) is 0.784. The van der Waals surface area contributed by atoms with E-state index in [1.165, 1.54) is 5.56 Å². The normalized spacial score (nSPS) is 13.8. The number of aromatic amines is 1. The summed E-state index contributed by atoms with van der Waals surface area (Å²) < 4.78 is 5.26. The molecule has 0 radical (unpaired) electrons. The lowest BCUT2D eigenvalue weighted by Crippen LogP contribution is -2.16. The fraction of sp³-hybridized carbons (Fsp3) is 0.250. The maximum atomic E-state index is 12.2. The Morgan fingerprint density at radius 3 is 2.95 bits per heavy atom. The molecule has 0 saturated heterocycles. The van der Waals surface area contributed by atoms with E-state index >= 15 is 0 Å². The molecule has 0 fully saturated rings. The summed E-state index contributed by atoms with van der Waals surface area (Å²) in [5.74, 6) is 0.614. The number of pyridine rings is 2. The third-order valence-corrected chi connectivity index (χ3v) is 3.89. The number of H-pyrrole nitrogens is 1. The van der Waals surface area contributed by atoms with E-state index in [-0.39, 0.29) is 11.4 Å². The number of aryl methyl sites for hydroxylation is 2. The Labute approximate surface area is 126 Å². The lowest BCUT2D eigenvalue weighted by Gasteiger charge is -2.15. The van der Waals surface area contributed by atoms with E-state index in [4.69, 9.17) is 4.52 Å². The van der Waals surface area contributed by atoms with Crippen molar-refractivity contribution in [3.05, 3.63) is 52.1 Å². The highest BCUT2D eigenvalue weighted by molar-refractivity contribution is 5.57. The molecular formula is C16H14N4O2. The molecule has 0 unspecified atom stereocenters. The molecule has 22 heavy (non-hydrogen) atoms. The minimum atomic E-state index is -0.183. The van der Waals surface area contributed by atoms with Gasteiger partial charge in [0.2, 0.25) is 5.82 Å². The number of nitrogens with zero attached hydrogens (tertiary/aromatic N) is 3. The number of hydrogen-bond acceptors (Lipinski definition) is 5. The molecule has 0 amide bonds. The van der Waals surface area contributed by atoms with Crippen molar-refractivity contribution < 1.29 is 4.52 Å². The van der Waals surface area contributed by atoms with Gasteiger partial charge < -0.3 is 9.51 Å². The van der Waals surface area contributed by atoms with Crippen molar-refractivity contribution in [3.8, 4) is 23.0 Å². The van der Waals surface area contributed by atoms with Gasteiger partial charge in [-0.3, -0.25) is 9.78 Å². The van der Waals surface area contributed by atoms with Crippen molar-refractivity contribution in [2.45, 2.75) is 25.7 Å². The molecule has 4 rings (SSSR count). The molecule has 0 atom stereocenters. The Morgan fingerprint density at radius 2 is 2.09 bits per heavy atom. The van der Waals surface area contributed by atoms with Crippen LogP contribution in [0.3, 0.4) is 0 Å². The largest absolute Gasteiger partial charge is 0.333 e. The standard InChI is InChI=1S/C16H14N4O2/c21-15-11(9-10-5-1-2-6-12(10)18-15)16-19-14(20-22-16)13-7-3-4-8-17-13/h3-4,7-9H,1-2,5-6H2,(H,18,21). The molecule has 0 spiro atoms. The smallest absolute Gasteiger partial charge is 0.263 e. The first-order chi connectivity index (χ1) is 10.8. The molecule has 0 saturated carbocycles. The first-order valence-corrected chi connectivity index (χ1v) is 7.32. The Hall–Kier alpha value is -2.76. The van der Waals surface area contributed by atoms with E-state index in [1.807, 2.05) is 18.2 Å². The lowest BCUT2D eigenvalue weighted by atomic mass is 9.95. The van der Waals surface area contributed by atoms with Gasteiger partial charge in [0.15, 0.2) is 0 Å². The molecule has 3 aromatic heterocycles. The average Bonchev–Trinajstić information content (AvgIpc) is 3.05. The predicted octanol–water partition coefficient (Wildman–Crippen LogP) is 2.37. The topological polar surface area (TPSA) is 84.7 Å². The Kier molecular flexibility index (Phi) is 3.07. The van der Waals surface area contributed by atoms with Gasteiger partial charge in [-0.05, 0) is 49.4 Å². The Bertz CT molecular complexity index is 867. The van der Waals surface area contributed by atoms with Gasteiger partial charge in [-0.25, -0.2) is 0 Å². The second-order valence-electron chi connectivity index (χ2n) is 5.36. The van der Waals surface area contributed by atoms with Gasteiger partial charge in [0, 0.05) is 11.9 Å². The van der Waals surface area contributed by atoms with Crippen LogP contribution in [0.25, 0.3) is 23.0 Å². The summed E-state index contributed by atoms with van der Waals surface area (Å²) in [4.78, 5) is 23.7. The van der Waals surface area contributed by atoms with Crippen LogP contribution < -0.4 is 5.56 Å². The highest BCUT2D eigenvalue weighted by Gasteiger charge is 2.18. The molecule has 6 nitrogen and oxygen atoms in total. The fourth-order valence-corrected chi connectivity index (χ4v) is 2.77. The van der Waals surface area contributed by atoms with E-state index < -0.39 is 0 Å². The number of hydrogen-bond donors (Lipinski definition) is 1. The maximum Gasteiger partial charge on any atom is 0.263 e. The van der Waals surface area contributed by atoms with Crippen LogP contribution in [0.15, 0.2) is 39.8 Å². The summed E-state index contributed by atoms with van der Waals surface area (Å²) in [7, 11) is 0. The summed E-state index contributed by atoms with van der Waals surface area (Å²) in [5, 5.41) is 3.91. The van der Waals surface area contributed by atoms with Crippen molar-refractivity contribution in [2.75, 3.05) is 0 Å². The molecule has 1 aliphatic rings. The monoisotopic (exact) mass is 294 g/mol. The predicted molar refractivity (Wildman–Crippen MR) is 80.2 cm³/mol. The maximum absolute atomic E-state index is 12.2. The van der Waals surface area contributed by atoms with Crippen molar-refractivity contribution in [3.63, 3.8) is 0 Å². The van der Waals surface area contributed by atoms with Crippen LogP contribution in [-0.4, -0.2) is 20.1 Å². The van der Waals surface area contributed by atoms with Gasteiger partial charge in [-0.1, -0.05) is 11.2 Å². The van der Waals surface area contributed by atoms with Crippen LogP contribution in [0, 0.1) is 0 Å². The Morgan fingerprint density at radius 1 is 1.18 bits per heavy atom. The third-order valence-electron chi connectivity index (χ3n) is 3.89. The summed E-state index contributed by atoms with van der Waals surface area (Å²) in [6, 6.07) is 7.34. The molecule has 1 aliphatic carbocycles. The van der Waals surface area contributed by atoms with Crippen LogP contribution in [0.2, 0.25) is 0 Å². The van der Waals surface area contributed by atoms with Crippen molar-refractivity contribution in [2.24, 2.45) is 0 Å². The first-order valence-electron chi connectivity index (χ1n) is 7.32. The molecule has 3 heterocycles. The molecule has 1 N–H and O–H groups in total. The molecule has 0 bridgehead atoms. The van der Waals surface area contributed by atoms with E-state index in [1.54, 1.807) is 12.3 Å². The van der Waals surface area contributed by atoms with Crippen molar-refractivity contribution in [1.29, 1.82) is 0 Å². The van der Waals surface area contributed by atoms with Gasteiger partial charge in [-0.15, -0.1) is 0 Å². The molecule has 3 aromatic rings. The summed E-state index contributed by atoms with van der Waals surface area (Å²) in [6.07, 6.45) is 5.82. The van der Waals surface area contributed by atoms with Gasteiger partial charge in [0.25, 0.3) is 11.4 Å². The highest BCUT2D eigenvalue weighted by atomic mass is 16.5. The molecular weight excluding hydrogens is 280 g/mol. The van der Waals surface area contributed by atoms with Crippen molar-refractivity contribution in [1.82, 2.24) is 20.1 Å². The summed E-state index contributed by atoms with van der Waals surface area (Å²) >= 11 is 0. The Balaban J connectivity index is 1.77. The molecule has 110 valence electrons. The van der Waals surface area contributed by atoms with Crippen LogP contribution in [-0.2, 0) is 12.8 Å². The number of fused-ring (bicyclic) bond motifs is 1. The SMILES string of the molecule is O=c1[nH]c2c(cc1-c1nc(-c3ccccn3)no1)CCCC2. The highest BCUT2D eigenvalue weighted by Crippen LogP contribution is 2.23. The van der Waals surface area contributed by atoms with Crippen LogP contribution in [0.1, 0.15) is 24.1 Å². The average molecular weight is 294 g/mol. The van der Waals surface area contributed by atoms with Gasteiger partial charge in [0.05, 0.1) is 0 Å².